The van der Waals surface area contributed by atoms with Crippen molar-refractivity contribution in [1.29, 1.82) is 5.26 Å². The predicted octanol–water partition coefficient (Wildman–Crippen LogP) is 4.15. The van der Waals surface area contributed by atoms with Crippen LogP contribution < -0.4 is 4.72 Å². The van der Waals surface area contributed by atoms with Gasteiger partial charge in [0.1, 0.15) is 10.5 Å². The van der Waals surface area contributed by atoms with Gasteiger partial charge in [-0.1, -0.05) is 22.0 Å². The third-order valence-electron chi connectivity index (χ3n) is 5.48. The molecule has 0 atom stereocenters. The molecule has 1 aromatic heterocycles. The standard InChI is InChI=1S/C21H16BrN3O5S/c22-14-7-12-3-1-6-24-18(12)17(10-14)31(29,30)25-16-9-13(21(11-23)4-2-5-21)8-15(19(16)26)20(27)28/h1,3,6-10,25-26H,2,4-5H2,(H,27,28). The van der Waals surface area contributed by atoms with Gasteiger partial charge >= 0.3 is 5.97 Å². The van der Waals surface area contributed by atoms with Gasteiger partial charge in [-0.15, -0.1) is 0 Å². The van der Waals surface area contributed by atoms with Gasteiger partial charge in [0.25, 0.3) is 10.0 Å². The van der Waals surface area contributed by atoms with Gasteiger partial charge in [0.05, 0.1) is 22.7 Å². The largest absolute Gasteiger partial charge is 0.505 e. The van der Waals surface area contributed by atoms with Gasteiger partial charge in [-0.3, -0.25) is 9.71 Å². The highest BCUT2D eigenvalue weighted by Gasteiger charge is 2.40. The molecule has 3 aromatic rings. The van der Waals surface area contributed by atoms with E-state index in [9.17, 15) is 28.7 Å². The molecular formula is C21H16BrN3O5S. The van der Waals surface area contributed by atoms with Crippen molar-refractivity contribution < 1.29 is 23.4 Å². The summed E-state index contributed by atoms with van der Waals surface area (Å²) in [5.41, 5.74) is -1.11. The number of nitrogens with one attached hydrogen (secondary N) is 1. The normalized spacial score (nSPS) is 15.1. The highest BCUT2D eigenvalue weighted by atomic mass is 79.9. The first-order valence-electron chi connectivity index (χ1n) is 9.26. The number of phenols is 1. The molecule has 0 radical (unpaired) electrons. The van der Waals surface area contributed by atoms with Crippen LogP contribution in [-0.4, -0.2) is 29.6 Å². The van der Waals surface area contributed by atoms with E-state index >= 15 is 0 Å². The van der Waals surface area contributed by atoms with Crippen LogP contribution in [0.3, 0.4) is 0 Å². The molecule has 0 spiro atoms. The quantitative estimate of drug-likeness (QED) is 0.445. The first-order valence-corrected chi connectivity index (χ1v) is 11.5. The van der Waals surface area contributed by atoms with Gasteiger partial charge in [0, 0.05) is 16.1 Å². The van der Waals surface area contributed by atoms with Crippen LogP contribution in [-0.2, 0) is 15.4 Å². The fourth-order valence-corrected chi connectivity index (χ4v) is 5.56. The number of hydrogen-bond acceptors (Lipinski definition) is 6. The Morgan fingerprint density at radius 1 is 1.26 bits per heavy atom. The van der Waals surface area contributed by atoms with Crippen molar-refractivity contribution in [3.63, 3.8) is 0 Å². The van der Waals surface area contributed by atoms with Crippen molar-refractivity contribution in [3.8, 4) is 11.8 Å². The molecule has 0 bridgehead atoms. The Kier molecular flexibility index (Phi) is 5.11. The third kappa shape index (κ3) is 3.60. The lowest BCUT2D eigenvalue weighted by Gasteiger charge is -2.36. The van der Waals surface area contributed by atoms with Crippen molar-refractivity contribution in [2.45, 2.75) is 29.6 Å². The Morgan fingerprint density at radius 2 is 2.00 bits per heavy atom. The van der Waals surface area contributed by atoms with E-state index in [-0.39, 0.29) is 16.1 Å². The number of aromatic carboxylic acids is 1. The Bertz CT molecular complexity index is 1380. The lowest BCUT2D eigenvalue weighted by atomic mass is 9.65. The van der Waals surface area contributed by atoms with E-state index in [0.29, 0.717) is 28.3 Å². The van der Waals surface area contributed by atoms with Gasteiger partial charge in [-0.05, 0) is 55.2 Å². The number of carboxylic acids is 1. The maximum Gasteiger partial charge on any atom is 0.339 e. The number of aromatic nitrogens is 1. The van der Waals surface area contributed by atoms with Gasteiger partial charge < -0.3 is 10.2 Å². The number of rotatable bonds is 5. The predicted molar refractivity (Wildman–Crippen MR) is 116 cm³/mol. The molecule has 8 nitrogen and oxygen atoms in total. The van der Waals surface area contributed by atoms with Crippen LogP contribution in [0, 0.1) is 11.3 Å². The summed E-state index contributed by atoms with van der Waals surface area (Å²) >= 11 is 3.29. The first-order chi connectivity index (χ1) is 14.7. The Hall–Kier alpha value is -3.16. The average molecular weight is 502 g/mol. The topological polar surface area (TPSA) is 140 Å². The number of halogens is 1. The van der Waals surface area contributed by atoms with E-state index in [1.807, 2.05) is 0 Å². The molecule has 1 aliphatic rings. The molecular weight excluding hydrogens is 486 g/mol. The van der Waals surface area contributed by atoms with Crippen LogP contribution >= 0.6 is 15.9 Å². The lowest BCUT2D eigenvalue weighted by molar-refractivity contribution is 0.0693. The Balaban J connectivity index is 1.87. The summed E-state index contributed by atoms with van der Waals surface area (Å²) in [4.78, 5) is 15.7. The number of pyridine rings is 1. The Labute approximate surface area is 186 Å². The lowest BCUT2D eigenvalue weighted by Crippen LogP contribution is -2.32. The van der Waals surface area contributed by atoms with E-state index in [2.05, 4.69) is 31.7 Å². The van der Waals surface area contributed by atoms with Crippen molar-refractivity contribution in [3.05, 3.63) is 58.2 Å². The molecule has 3 N–H and O–H groups in total. The minimum absolute atomic E-state index is 0.141. The number of anilines is 1. The molecule has 10 heteroatoms. The smallest absolute Gasteiger partial charge is 0.339 e. The number of hydrogen-bond donors (Lipinski definition) is 3. The number of benzene rings is 2. The number of aromatic hydroxyl groups is 1. The number of fused-ring (bicyclic) bond motifs is 1. The number of nitriles is 1. The summed E-state index contributed by atoms with van der Waals surface area (Å²) in [5.74, 6) is -2.15. The summed E-state index contributed by atoms with van der Waals surface area (Å²) < 4.78 is 29.2. The minimum Gasteiger partial charge on any atom is -0.505 e. The zero-order valence-corrected chi connectivity index (χ0v) is 18.4. The molecule has 158 valence electrons. The molecule has 1 saturated carbocycles. The van der Waals surface area contributed by atoms with E-state index in [0.717, 1.165) is 6.42 Å². The highest BCUT2D eigenvalue weighted by molar-refractivity contribution is 9.10. The molecule has 1 aliphatic carbocycles. The average Bonchev–Trinajstić information content (AvgIpc) is 2.68. The van der Waals surface area contributed by atoms with Crippen LogP contribution in [0.5, 0.6) is 5.75 Å². The van der Waals surface area contributed by atoms with Crippen LogP contribution in [0.25, 0.3) is 10.9 Å². The maximum atomic E-state index is 13.2. The maximum absolute atomic E-state index is 13.2. The molecule has 0 amide bonds. The van der Waals surface area contributed by atoms with Crippen molar-refractivity contribution >= 4 is 48.5 Å². The molecule has 0 aliphatic heterocycles. The highest BCUT2D eigenvalue weighted by Crippen LogP contribution is 2.46. The second kappa shape index (κ2) is 7.51. The number of carbonyl (C=O) groups is 1. The second-order valence-electron chi connectivity index (χ2n) is 7.36. The molecule has 1 heterocycles. The van der Waals surface area contributed by atoms with Crippen molar-refractivity contribution in [1.82, 2.24) is 4.98 Å². The van der Waals surface area contributed by atoms with Gasteiger partial charge in [0.2, 0.25) is 0 Å². The fraction of sp³-hybridized carbons (Fsp3) is 0.190. The van der Waals surface area contributed by atoms with Gasteiger partial charge in [-0.25, -0.2) is 13.2 Å². The number of sulfonamides is 1. The monoisotopic (exact) mass is 501 g/mol. The van der Waals surface area contributed by atoms with Crippen molar-refractivity contribution in [2.75, 3.05) is 4.72 Å². The summed E-state index contributed by atoms with van der Waals surface area (Å²) in [6.45, 7) is 0. The number of nitrogens with zero attached hydrogens (tertiary/aromatic N) is 2. The number of carboxylic acid groups (broad SMARTS) is 1. The molecule has 0 unspecified atom stereocenters. The van der Waals surface area contributed by atoms with E-state index in [1.165, 1.54) is 24.4 Å². The van der Waals surface area contributed by atoms with E-state index < -0.39 is 32.7 Å². The molecule has 4 rings (SSSR count). The zero-order valence-electron chi connectivity index (χ0n) is 16.0. The third-order valence-corrected chi connectivity index (χ3v) is 7.32. The second-order valence-corrected chi connectivity index (χ2v) is 9.92. The van der Waals surface area contributed by atoms with Crippen LogP contribution in [0.1, 0.15) is 35.2 Å². The summed E-state index contributed by atoms with van der Waals surface area (Å²) in [5, 5.41) is 30.2. The SMILES string of the molecule is N#CC1(c2cc(NS(=O)(=O)c3cc(Br)cc4cccnc34)c(O)c(C(=O)O)c2)CCC1. The van der Waals surface area contributed by atoms with E-state index in [1.54, 1.807) is 18.2 Å². The zero-order chi connectivity index (χ0) is 22.4. The minimum atomic E-state index is -4.26. The molecule has 1 fully saturated rings. The summed E-state index contributed by atoms with van der Waals surface area (Å²) in [6, 6.07) is 11.2. The van der Waals surface area contributed by atoms with Gasteiger partial charge in [0.15, 0.2) is 5.75 Å². The summed E-state index contributed by atoms with van der Waals surface area (Å²) in [6.07, 6.45) is 3.32. The van der Waals surface area contributed by atoms with Crippen LogP contribution in [0.2, 0.25) is 0 Å². The Morgan fingerprint density at radius 3 is 2.61 bits per heavy atom. The van der Waals surface area contributed by atoms with Crippen molar-refractivity contribution in [2.24, 2.45) is 0 Å². The summed E-state index contributed by atoms with van der Waals surface area (Å²) in [7, 11) is -4.26. The van der Waals surface area contributed by atoms with Crippen LogP contribution in [0.15, 0.2) is 52.0 Å². The van der Waals surface area contributed by atoms with Crippen LogP contribution in [0.4, 0.5) is 5.69 Å². The van der Waals surface area contributed by atoms with E-state index in [4.69, 9.17) is 0 Å². The molecule has 31 heavy (non-hydrogen) atoms. The van der Waals surface area contributed by atoms with Gasteiger partial charge in [-0.2, -0.15) is 5.26 Å². The molecule has 0 saturated heterocycles. The molecule has 2 aromatic carbocycles. The fourth-order valence-electron chi connectivity index (χ4n) is 3.68. The first kappa shape index (κ1) is 21.1.